The Labute approximate surface area is 139 Å². The summed E-state index contributed by atoms with van der Waals surface area (Å²) < 4.78 is 1.83. The first-order valence-corrected chi connectivity index (χ1v) is 8.19. The van der Waals surface area contributed by atoms with Gasteiger partial charge in [-0.25, -0.2) is 4.98 Å². The molecule has 2 aromatic carbocycles. The molecule has 104 valence electrons. The number of hydrogen-bond donors (Lipinski definition) is 1. The Balaban J connectivity index is 2.01. The van der Waals surface area contributed by atoms with E-state index >= 15 is 0 Å². The molecule has 0 spiro atoms. The van der Waals surface area contributed by atoms with Crippen LogP contribution in [0.5, 0.6) is 0 Å². The zero-order valence-corrected chi connectivity index (χ0v) is 13.6. The first-order chi connectivity index (χ1) is 10.1. The van der Waals surface area contributed by atoms with Crippen molar-refractivity contribution in [3.63, 3.8) is 0 Å². The first-order valence-electron chi connectivity index (χ1n) is 5.80. The molecule has 0 amide bonds. The molecule has 0 bridgehead atoms. The predicted molar refractivity (Wildman–Crippen MR) is 89.3 cm³/mol. The molecule has 3 rings (SSSR count). The fraction of sp³-hybridized carbons (Fsp3) is 0. The van der Waals surface area contributed by atoms with Gasteiger partial charge in [-0.05, 0) is 30.3 Å². The van der Waals surface area contributed by atoms with Gasteiger partial charge in [0.1, 0.15) is 0 Å². The van der Waals surface area contributed by atoms with Gasteiger partial charge in [0, 0.05) is 5.69 Å². The van der Waals surface area contributed by atoms with Crippen LogP contribution < -0.4 is 5.73 Å². The number of hydrogen-bond acceptors (Lipinski definition) is 5. The summed E-state index contributed by atoms with van der Waals surface area (Å²) in [5, 5.41) is 9.92. The fourth-order valence-electron chi connectivity index (χ4n) is 1.78. The number of nitriles is 1. The third-order valence-corrected chi connectivity index (χ3v) is 5.77. The summed E-state index contributed by atoms with van der Waals surface area (Å²) in [6.07, 6.45) is 0. The average Bonchev–Trinajstić information content (AvgIpc) is 2.84. The third-order valence-electron chi connectivity index (χ3n) is 2.71. The molecule has 0 saturated heterocycles. The number of thiazole rings is 1. The Morgan fingerprint density at radius 1 is 1.19 bits per heavy atom. The molecule has 0 aliphatic heterocycles. The Morgan fingerprint density at radius 3 is 2.57 bits per heavy atom. The van der Waals surface area contributed by atoms with Gasteiger partial charge < -0.3 is 5.73 Å². The molecular formula is C14H7Cl2N3S2. The molecule has 2 N–H and O–H groups in total. The topological polar surface area (TPSA) is 62.7 Å². The van der Waals surface area contributed by atoms with Gasteiger partial charge in [0.05, 0.1) is 36.8 Å². The van der Waals surface area contributed by atoms with E-state index in [2.05, 4.69) is 11.1 Å². The van der Waals surface area contributed by atoms with E-state index in [0.717, 1.165) is 19.5 Å². The zero-order valence-electron chi connectivity index (χ0n) is 10.4. The van der Waals surface area contributed by atoms with Crippen LogP contribution in [-0.2, 0) is 0 Å². The summed E-state index contributed by atoms with van der Waals surface area (Å²) in [5.41, 5.74) is 7.60. The number of halogens is 2. The molecule has 0 radical (unpaired) electrons. The molecule has 0 saturated carbocycles. The maximum atomic E-state index is 8.91. The summed E-state index contributed by atoms with van der Waals surface area (Å²) in [6, 6.07) is 10.9. The van der Waals surface area contributed by atoms with Crippen molar-refractivity contribution >= 4 is 62.2 Å². The van der Waals surface area contributed by atoms with Gasteiger partial charge in [0.25, 0.3) is 0 Å². The number of nitrogens with two attached hydrogens (primary N) is 1. The van der Waals surface area contributed by atoms with Crippen molar-refractivity contribution in [2.75, 3.05) is 5.73 Å². The molecule has 3 nitrogen and oxygen atoms in total. The Hall–Kier alpha value is -1.45. The van der Waals surface area contributed by atoms with E-state index in [1.54, 1.807) is 24.3 Å². The molecule has 7 heteroatoms. The molecular weight excluding hydrogens is 345 g/mol. The van der Waals surface area contributed by atoms with Crippen LogP contribution in [-0.4, -0.2) is 4.98 Å². The minimum atomic E-state index is 0.502. The van der Waals surface area contributed by atoms with Crippen molar-refractivity contribution in [1.82, 2.24) is 4.98 Å². The second kappa shape index (κ2) is 5.74. The Kier molecular flexibility index (Phi) is 3.96. The van der Waals surface area contributed by atoms with Crippen LogP contribution in [0.15, 0.2) is 39.6 Å². The number of aromatic nitrogens is 1. The summed E-state index contributed by atoms with van der Waals surface area (Å²) >= 11 is 15.3. The van der Waals surface area contributed by atoms with Crippen molar-refractivity contribution in [2.45, 2.75) is 9.24 Å². The smallest absolute Gasteiger partial charge is 0.156 e. The number of rotatable bonds is 2. The van der Waals surface area contributed by atoms with Crippen molar-refractivity contribution in [3.8, 4) is 6.07 Å². The van der Waals surface area contributed by atoms with Crippen molar-refractivity contribution < 1.29 is 0 Å². The van der Waals surface area contributed by atoms with Gasteiger partial charge in [0.15, 0.2) is 4.34 Å². The first kappa shape index (κ1) is 14.5. The molecule has 21 heavy (non-hydrogen) atoms. The van der Waals surface area contributed by atoms with E-state index in [0.29, 0.717) is 21.3 Å². The number of fused-ring (bicyclic) bond motifs is 1. The van der Waals surface area contributed by atoms with E-state index in [9.17, 15) is 0 Å². The maximum absolute atomic E-state index is 8.91. The highest BCUT2D eigenvalue weighted by atomic mass is 35.5. The van der Waals surface area contributed by atoms with Crippen LogP contribution in [0.2, 0.25) is 10.0 Å². The largest absolute Gasteiger partial charge is 0.399 e. The second-order valence-corrected chi connectivity index (χ2v) is 7.29. The van der Waals surface area contributed by atoms with Crippen LogP contribution in [0.25, 0.3) is 10.2 Å². The standard InChI is InChI=1S/C14H7Cl2N3S2/c15-9-4-8(18)5-10(16)13(9)21-14-19-11-3-7(6-17)1-2-12(11)20-14/h1-5H,18H2. The van der Waals surface area contributed by atoms with Crippen molar-refractivity contribution in [2.24, 2.45) is 0 Å². The van der Waals surface area contributed by atoms with Gasteiger partial charge in [0.2, 0.25) is 0 Å². The molecule has 0 aliphatic carbocycles. The zero-order chi connectivity index (χ0) is 15.0. The molecule has 0 fully saturated rings. The second-order valence-electron chi connectivity index (χ2n) is 4.19. The van der Waals surface area contributed by atoms with E-state index in [1.807, 2.05) is 6.07 Å². The number of nitrogen functional groups attached to an aromatic ring is 1. The monoisotopic (exact) mass is 351 g/mol. The summed E-state index contributed by atoms with van der Waals surface area (Å²) in [7, 11) is 0. The minimum absolute atomic E-state index is 0.502. The van der Waals surface area contributed by atoms with Crippen LogP contribution >= 0.6 is 46.3 Å². The Bertz CT molecular complexity index is 861. The maximum Gasteiger partial charge on any atom is 0.156 e. The number of anilines is 1. The highest BCUT2D eigenvalue weighted by Crippen LogP contribution is 2.42. The lowest BCUT2D eigenvalue weighted by Crippen LogP contribution is -1.86. The molecule has 0 atom stereocenters. The van der Waals surface area contributed by atoms with Gasteiger partial charge >= 0.3 is 0 Å². The van der Waals surface area contributed by atoms with Crippen LogP contribution in [0.3, 0.4) is 0 Å². The highest BCUT2D eigenvalue weighted by molar-refractivity contribution is 8.01. The van der Waals surface area contributed by atoms with Crippen molar-refractivity contribution in [3.05, 3.63) is 45.9 Å². The van der Waals surface area contributed by atoms with Gasteiger partial charge in [-0.15, -0.1) is 11.3 Å². The number of benzene rings is 2. The summed E-state index contributed by atoms with van der Waals surface area (Å²) in [5.74, 6) is 0. The summed E-state index contributed by atoms with van der Waals surface area (Å²) in [6.45, 7) is 0. The van der Waals surface area contributed by atoms with Crippen LogP contribution in [0, 0.1) is 11.3 Å². The van der Waals surface area contributed by atoms with E-state index < -0.39 is 0 Å². The quantitative estimate of drug-likeness (QED) is 0.643. The Morgan fingerprint density at radius 2 is 1.90 bits per heavy atom. The lowest BCUT2D eigenvalue weighted by Gasteiger charge is -2.05. The van der Waals surface area contributed by atoms with E-state index in [-0.39, 0.29) is 0 Å². The predicted octanol–water partition coefficient (Wildman–Crippen LogP) is 5.21. The van der Waals surface area contributed by atoms with E-state index in [4.69, 9.17) is 34.2 Å². The lowest BCUT2D eigenvalue weighted by atomic mass is 10.2. The number of nitrogens with zero attached hydrogens (tertiary/aromatic N) is 2. The normalized spacial score (nSPS) is 10.7. The van der Waals surface area contributed by atoms with E-state index in [1.165, 1.54) is 23.1 Å². The average molecular weight is 352 g/mol. The third kappa shape index (κ3) is 2.94. The van der Waals surface area contributed by atoms with Gasteiger partial charge in [-0.3, -0.25) is 0 Å². The molecule has 0 unspecified atom stereocenters. The summed E-state index contributed by atoms with van der Waals surface area (Å²) in [4.78, 5) is 5.23. The molecule has 0 aliphatic rings. The fourth-order valence-corrected chi connectivity index (χ4v) is 4.51. The van der Waals surface area contributed by atoms with Crippen molar-refractivity contribution in [1.29, 1.82) is 5.26 Å². The molecule has 1 heterocycles. The van der Waals surface area contributed by atoms with Gasteiger partial charge in [-0.2, -0.15) is 5.26 Å². The minimum Gasteiger partial charge on any atom is -0.399 e. The SMILES string of the molecule is N#Cc1ccc2sc(Sc3c(Cl)cc(N)cc3Cl)nc2c1. The van der Waals surface area contributed by atoms with Gasteiger partial charge in [-0.1, -0.05) is 35.0 Å². The molecule has 3 aromatic rings. The highest BCUT2D eigenvalue weighted by Gasteiger charge is 2.12. The van der Waals surface area contributed by atoms with Crippen LogP contribution in [0.1, 0.15) is 5.56 Å². The van der Waals surface area contributed by atoms with Crippen LogP contribution in [0.4, 0.5) is 5.69 Å². The molecule has 1 aromatic heterocycles. The lowest BCUT2D eigenvalue weighted by molar-refractivity contribution is 1.29.